The molecule has 0 nitrogen and oxygen atoms in total. The van der Waals surface area contributed by atoms with Crippen molar-refractivity contribution < 1.29 is 0 Å². The van der Waals surface area contributed by atoms with Crippen LogP contribution in [0, 0.1) is 28.6 Å². The van der Waals surface area contributed by atoms with Crippen molar-refractivity contribution >= 4 is 0 Å². The Labute approximate surface area is 117 Å². The Bertz CT molecular complexity index is 480. The van der Waals surface area contributed by atoms with Crippen LogP contribution in [0.2, 0.25) is 0 Å². The summed E-state index contributed by atoms with van der Waals surface area (Å²) in [7, 11) is 0. The second-order valence-corrected chi connectivity index (χ2v) is 7.75. The third-order valence-corrected chi connectivity index (χ3v) is 6.94. The monoisotopic (exact) mass is 254 g/mol. The van der Waals surface area contributed by atoms with E-state index in [1.54, 1.807) is 5.57 Å². The second-order valence-electron chi connectivity index (χ2n) is 7.75. The lowest BCUT2D eigenvalue weighted by atomic mass is 9.48. The van der Waals surface area contributed by atoms with E-state index in [9.17, 15) is 0 Å². The molecule has 0 spiro atoms. The summed E-state index contributed by atoms with van der Waals surface area (Å²) in [6, 6.07) is 0. The van der Waals surface area contributed by atoms with E-state index in [4.69, 9.17) is 0 Å². The van der Waals surface area contributed by atoms with Gasteiger partial charge in [0.25, 0.3) is 0 Å². The smallest absolute Gasteiger partial charge is 0.00936 e. The molecule has 0 amide bonds. The van der Waals surface area contributed by atoms with Gasteiger partial charge in [-0.15, -0.1) is 0 Å². The standard InChI is InChI=1S/C19H26/c1-18-11-5-7-16(18)15-9-8-14-6-3-4-12-19(14,2)17(15)10-13-18/h4-6,11-12,15-17H,3,7-10,13H2,1-2H3/t15-,16-,17-,18-,19-/m0/s1. The topological polar surface area (TPSA) is 0 Å². The highest BCUT2D eigenvalue weighted by Gasteiger charge is 2.53. The summed E-state index contributed by atoms with van der Waals surface area (Å²) in [5.74, 6) is 2.79. The van der Waals surface area contributed by atoms with E-state index in [1.165, 1.54) is 38.5 Å². The molecule has 0 N–H and O–H groups in total. The fourth-order valence-electron chi connectivity index (χ4n) is 5.82. The lowest BCUT2D eigenvalue weighted by Crippen LogP contribution is -2.48. The zero-order chi connectivity index (χ0) is 13.1. The largest absolute Gasteiger partial charge is 0.0877 e. The lowest BCUT2D eigenvalue weighted by Gasteiger charge is -2.56. The van der Waals surface area contributed by atoms with Crippen molar-refractivity contribution in [3.05, 3.63) is 36.0 Å². The molecule has 0 heterocycles. The first-order valence-corrected chi connectivity index (χ1v) is 8.18. The maximum absolute atomic E-state index is 2.56. The quantitative estimate of drug-likeness (QED) is 0.516. The molecule has 0 radical (unpaired) electrons. The predicted molar refractivity (Wildman–Crippen MR) is 80.7 cm³/mol. The van der Waals surface area contributed by atoms with Crippen LogP contribution in [0.4, 0.5) is 0 Å². The van der Waals surface area contributed by atoms with E-state index in [-0.39, 0.29) is 0 Å². The summed E-state index contributed by atoms with van der Waals surface area (Å²) in [6.07, 6.45) is 20.7. The van der Waals surface area contributed by atoms with Gasteiger partial charge in [0, 0.05) is 5.41 Å². The molecule has 19 heavy (non-hydrogen) atoms. The molecule has 2 saturated carbocycles. The Kier molecular flexibility index (Phi) is 2.44. The third-order valence-electron chi connectivity index (χ3n) is 6.94. The molecule has 4 aliphatic carbocycles. The average molecular weight is 254 g/mol. The summed E-state index contributed by atoms with van der Waals surface area (Å²) >= 11 is 0. The fraction of sp³-hybridized carbons (Fsp3) is 0.684. The summed E-state index contributed by atoms with van der Waals surface area (Å²) in [6.45, 7) is 5.04. The van der Waals surface area contributed by atoms with Gasteiger partial charge in [-0.25, -0.2) is 0 Å². The molecule has 0 unspecified atom stereocenters. The summed E-state index contributed by atoms with van der Waals surface area (Å²) in [4.78, 5) is 0. The van der Waals surface area contributed by atoms with Crippen molar-refractivity contribution in [2.24, 2.45) is 28.6 Å². The Hall–Kier alpha value is -0.780. The molecule has 102 valence electrons. The molecule has 4 aliphatic rings. The first-order chi connectivity index (χ1) is 9.13. The molecule has 5 atom stereocenters. The Morgan fingerprint density at radius 2 is 1.95 bits per heavy atom. The molecule has 0 heteroatoms. The van der Waals surface area contributed by atoms with E-state index < -0.39 is 0 Å². The van der Waals surface area contributed by atoms with Crippen molar-refractivity contribution in [1.82, 2.24) is 0 Å². The summed E-state index contributed by atoms with van der Waals surface area (Å²) in [5, 5.41) is 0. The van der Waals surface area contributed by atoms with Gasteiger partial charge in [0.1, 0.15) is 0 Å². The van der Waals surface area contributed by atoms with Crippen molar-refractivity contribution in [2.75, 3.05) is 0 Å². The molecule has 4 rings (SSSR count). The van der Waals surface area contributed by atoms with E-state index in [1.807, 2.05) is 0 Å². The summed E-state index contributed by atoms with van der Waals surface area (Å²) in [5.41, 5.74) is 2.67. The Morgan fingerprint density at radius 1 is 1.05 bits per heavy atom. The molecule has 0 aromatic carbocycles. The third kappa shape index (κ3) is 1.52. The van der Waals surface area contributed by atoms with Gasteiger partial charge in [0.05, 0.1) is 0 Å². The van der Waals surface area contributed by atoms with Crippen molar-refractivity contribution in [3.63, 3.8) is 0 Å². The van der Waals surface area contributed by atoms with Crippen LogP contribution in [0.3, 0.4) is 0 Å². The molecule has 0 aromatic heterocycles. The fourth-order valence-corrected chi connectivity index (χ4v) is 5.82. The first-order valence-electron chi connectivity index (χ1n) is 8.18. The van der Waals surface area contributed by atoms with Crippen LogP contribution >= 0.6 is 0 Å². The molecular weight excluding hydrogens is 228 g/mol. The van der Waals surface area contributed by atoms with Crippen LogP contribution < -0.4 is 0 Å². The van der Waals surface area contributed by atoms with Crippen molar-refractivity contribution in [2.45, 2.75) is 52.4 Å². The lowest BCUT2D eigenvalue weighted by molar-refractivity contribution is -0.00176. The first kappa shape index (κ1) is 12.0. The van der Waals surface area contributed by atoms with Gasteiger partial charge in [-0.2, -0.15) is 0 Å². The second kappa shape index (κ2) is 3.87. The highest BCUT2D eigenvalue weighted by molar-refractivity contribution is 5.32. The van der Waals surface area contributed by atoms with Crippen molar-refractivity contribution in [3.8, 4) is 0 Å². The minimum Gasteiger partial charge on any atom is -0.0877 e. The Balaban J connectivity index is 1.71. The molecule has 0 aliphatic heterocycles. The minimum absolute atomic E-state index is 0.394. The SMILES string of the molecule is C[C@@]12C=CC[C@H]1[C@@H]1CCC3=CCC=C[C@]3(C)[C@H]1CC2. The van der Waals surface area contributed by atoms with Gasteiger partial charge in [0.15, 0.2) is 0 Å². The van der Waals surface area contributed by atoms with Crippen LogP contribution in [-0.4, -0.2) is 0 Å². The number of fused-ring (bicyclic) bond motifs is 5. The minimum atomic E-state index is 0.394. The van der Waals surface area contributed by atoms with E-state index in [2.05, 4.69) is 44.2 Å². The molecule has 0 bridgehead atoms. The molecule has 2 fully saturated rings. The summed E-state index contributed by atoms with van der Waals surface area (Å²) < 4.78 is 0. The Morgan fingerprint density at radius 3 is 2.84 bits per heavy atom. The highest BCUT2D eigenvalue weighted by atomic mass is 14.6. The van der Waals surface area contributed by atoms with Crippen LogP contribution in [-0.2, 0) is 0 Å². The zero-order valence-corrected chi connectivity index (χ0v) is 12.4. The van der Waals surface area contributed by atoms with Gasteiger partial charge in [-0.1, -0.05) is 49.8 Å². The number of hydrogen-bond acceptors (Lipinski definition) is 0. The predicted octanol–water partition coefficient (Wildman–Crippen LogP) is 5.28. The normalized spacial score (nSPS) is 51.3. The van der Waals surface area contributed by atoms with Gasteiger partial charge in [-0.05, 0) is 61.7 Å². The number of allylic oxidation sites excluding steroid dienone is 6. The maximum atomic E-state index is 2.56. The van der Waals surface area contributed by atoms with E-state index in [0.29, 0.717) is 10.8 Å². The number of rotatable bonds is 0. The molecular formula is C19H26. The van der Waals surface area contributed by atoms with Gasteiger partial charge in [0.2, 0.25) is 0 Å². The average Bonchev–Trinajstić information content (AvgIpc) is 2.79. The van der Waals surface area contributed by atoms with Gasteiger partial charge >= 0.3 is 0 Å². The molecule has 0 saturated heterocycles. The van der Waals surface area contributed by atoms with Crippen molar-refractivity contribution in [1.29, 1.82) is 0 Å². The van der Waals surface area contributed by atoms with Crippen LogP contribution in [0.25, 0.3) is 0 Å². The van der Waals surface area contributed by atoms with Crippen LogP contribution in [0.15, 0.2) is 36.0 Å². The van der Waals surface area contributed by atoms with Crippen LogP contribution in [0.1, 0.15) is 52.4 Å². The highest BCUT2D eigenvalue weighted by Crippen LogP contribution is 2.62. The van der Waals surface area contributed by atoms with Gasteiger partial charge < -0.3 is 0 Å². The zero-order valence-electron chi connectivity index (χ0n) is 12.4. The number of hydrogen-bond donors (Lipinski definition) is 0. The van der Waals surface area contributed by atoms with Crippen LogP contribution in [0.5, 0.6) is 0 Å². The van der Waals surface area contributed by atoms with E-state index in [0.717, 1.165) is 17.8 Å². The molecule has 0 aromatic rings. The maximum Gasteiger partial charge on any atom is 0.00936 e. The van der Waals surface area contributed by atoms with E-state index >= 15 is 0 Å². The van der Waals surface area contributed by atoms with Gasteiger partial charge in [-0.3, -0.25) is 0 Å².